The van der Waals surface area contributed by atoms with Crippen LogP contribution in [0.1, 0.15) is 33.7 Å². The third-order valence-corrected chi connectivity index (χ3v) is 6.50. The maximum Gasteiger partial charge on any atom is 0.262 e. The number of carbonyl (C=O) groups is 1. The molecule has 0 aliphatic carbocycles. The second-order valence-electron chi connectivity index (χ2n) is 7.85. The molecule has 0 saturated heterocycles. The Labute approximate surface area is 196 Å². The lowest BCUT2D eigenvalue weighted by molar-refractivity contribution is 0.112. The van der Waals surface area contributed by atoms with Gasteiger partial charge in [-0.15, -0.1) is 0 Å². The van der Waals surface area contributed by atoms with Crippen molar-refractivity contribution in [3.63, 3.8) is 0 Å². The molecule has 0 N–H and O–H groups in total. The van der Waals surface area contributed by atoms with E-state index in [0.29, 0.717) is 39.7 Å². The lowest BCUT2D eigenvalue weighted by Gasteiger charge is -2.14. The second-order valence-corrected chi connectivity index (χ2v) is 8.79. The van der Waals surface area contributed by atoms with Crippen LogP contribution in [0.5, 0.6) is 5.75 Å². The first-order chi connectivity index (χ1) is 16.0. The number of aromatic nitrogens is 4. The van der Waals surface area contributed by atoms with Crippen LogP contribution in [0.25, 0.3) is 10.9 Å². The number of aryl methyl sites for hydroxylation is 3. The number of ether oxygens (including phenoxy) is 1. The largest absolute Gasteiger partial charge is 0.496 e. The van der Waals surface area contributed by atoms with Gasteiger partial charge in [0.15, 0.2) is 5.16 Å². The van der Waals surface area contributed by atoms with E-state index >= 15 is 0 Å². The number of methoxy groups -OCH3 is 1. The van der Waals surface area contributed by atoms with E-state index in [1.807, 2.05) is 54.9 Å². The topological polar surface area (TPSA) is 79.0 Å². The SMILES string of the molecule is COc1ccc(C=O)cc1CSc1nc2ccccc2c(=O)n1CCCn1nc(C)cc1C. The summed E-state index contributed by atoms with van der Waals surface area (Å²) in [5, 5.41) is 5.76. The van der Waals surface area contributed by atoms with Crippen molar-refractivity contribution in [1.82, 2.24) is 19.3 Å². The Kier molecular flexibility index (Phi) is 6.93. The molecule has 4 rings (SSSR count). The molecule has 2 heterocycles. The predicted octanol–water partition coefficient (Wildman–Crippen LogP) is 4.41. The third kappa shape index (κ3) is 5.01. The van der Waals surface area contributed by atoms with E-state index in [1.165, 1.54) is 11.8 Å². The van der Waals surface area contributed by atoms with E-state index in [1.54, 1.807) is 23.8 Å². The van der Waals surface area contributed by atoms with Gasteiger partial charge in [0.1, 0.15) is 12.0 Å². The Hall–Kier alpha value is -3.39. The molecular weight excluding hydrogens is 436 g/mol. The van der Waals surface area contributed by atoms with E-state index in [2.05, 4.69) is 5.10 Å². The monoisotopic (exact) mass is 462 g/mol. The van der Waals surface area contributed by atoms with Crippen LogP contribution in [0.4, 0.5) is 0 Å². The van der Waals surface area contributed by atoms with Gasteiger partial charge in [-0.25, -0.2) is 4.98 Å². The summed E-state index contributed by atoms with van der Waals surface area (Å²) in [5.74, 6) is 1.22. The zero-order chi connectivity index (χ0) is 23.4. The molecule has 4 aromatic rings. The van der Waals surface area contributed by atoms with Gasteiger partial charge in [0.05, 0.1) is 23.7 Å². The third-order valence-electron chi connectivity index (χ3n) is 5.48. The van der Waals surface area contributed by atoms with Crippen LogP contribution >= 0.6 is 11.8 Å². The minimum Gasteiger partial charge on any atom is -0.496 e. The van der Waals surface area contributed by atoms with Gasteiger partial charge in [-0.2, -0.15) is 5.10 Å². The molecule has 0 aliphatic rings. The highest BCUT2D eigenvalue weighted by Gasteiger charge is 2.14. The molecule has 0 atom stereocenters. The van der Waals surface area contributed by atoms with E-state index in [-0.39, 0.29) is 5.56 Å². The van der Waals surface area contributed by atoms with Crippen molar-refractivity contribution in [3.05, 3.63) is 81.4 Å². The highest BCUT2D eigenvalue weighted by molar-refractivity contribution is 7.98. The average molecular weight is 463 g/mol. The molecule has 7 nitrogen and oxygen atoms in total. The molecule has 0 spiro atoms. The molecule has 33 heavy (non-hydrogen) atoms. The lowest BCUT2D eigenvalue weighted by Crippen LogP contribution is -2.24. The number of thioether (sulfide) groups is 1. The first-order valence-electron chi connectivity index (χ1n) is 10.8. The number of fused-ring (bicyclic) bond motifs is 1. The van der Waals surface area contributed by atoms with Crippen LogP contribution in [-0.2, 0) is 18.8 Å². The lowest BCUT2D eigenvalue weighted by atomic mass is 10.1. The Balaban J connectivity index is 1.63. The normalized spacial score (nSPS) is 11.1. The molecule has 0 bridgehead atoms. The molecule has 0 unspecified atom stereocenters. The maximum atomic E-state index is 13.3. The minimum atomic E-state index is -0.0509. The molecule has 0 aliphatic heterocycles. The molecule has 0 radical (unpaired) electrons. The number of hydrogen-bond acceptors (Lipinski definition) is 6. The van der Waals surface area contributed by atoms with E-state index < -0.39 is 0 Å². The predicted molar refractivity (Wildman–Crippen MR) is 130 cm³/mol. The summed E-state index contributed by atoms with van der Waals surface area (Å²) >= 11 is 1.46. The molecule has 2 aromatic carbocycles. The fraction of sp³-hybridized carbons (Fsp3) is 0.280. The highest BCUT2D eigenvalue weighted by atomic mass is 32.2. The van der Waals surface area contributed by atoms with E-state index in [0.717, 1.165) is 36.2 Å². The van der Waals surface area contributed by atoms with Gasteiger partial charge in [-0.1, -0.05) is 23.9 Å². The number of nitrogens with zero attached hydrogens (tertiary/aromatic N) is 4. The van der Waals surface area contributed by atoms with Crippen molar-refractivity contribution in [2.24, 2.45) is 0 Å². The summed E-state index contributed by atoms with van der Waals surface area (Å²) < 4.78 is 9.17. The first-order valence-corrected chi connectivity index (χ1v) is 11.7. The fourth-order valence-corrected chi connectivity index (χ4v) is 4.86. The summed E-state index contributed by atoms with van der Waals surface area (Å²) in [6.07, 6.45) is 1.57. The van der Waals surface area contributed by atoms with Gasteiger partial charge < -0.3 is 4.74 Å². The van der Waals surface area contributed by atoms with Crippen LogP contribution in [0.15, 0.2) is 58.5 Å². The van der Waals surface area contributed by atoms with Gasteiger partial charge in [0.2, 0.25) is 0 Å². The first kappa shape index (κ1) is 22.8. The molecule has 0 amide bonds. The molecule has 2 aromatic heterocycles. The van der Waals surface area contributed by atoms with Crippen molar-refractivity contribution in [2.75, 3.05) is 7.11 Å². The van der Waals surface area contributed by atoms with Gasteiger partial charge in [-0.05, 0) is 56.7 Å². The van der Waals surface area contributed by atoms with Crippen LogP contribution < -0.4 is 10.3 Å². The fourth-order valence-electron chi connectivity index (χ4n) is 3.86. The van der Waals surface area contributed by atoms with Crippen molar-refractivity contribution in [1.29, 1.82) is 0 Å². The smallest absolute Gasteiger partial charge is 0.262 e. The number of benzene rings is 2. The molecule has 0 saturated carbocycles. The van der Waals surface area contributed by atoms with Crippen LogP contribution in [0, 0.1) is 13.8 Å². The van der Waals surface area contributed by atoms with E-state index in [9.17, 15) is 9.59 Å². The highest BCUT2D eigenvalue weighted by Crippen LogP contribution is 2.28. The number of hydrogen-bond donors (Lipinski definition) is 0. The van der Waals surface area contributed by atoms with Crippen LogP contribution in [0.3, 0.4) is 0 Å². The zero-order valence-electron chi connectivity index (χ0n) is 18.9. The van der Waals surface area contributed by atoms with Crippen LogP contribution in [0.2, 0.25) is 0 Å². The molecule has 170 valence electrons. The minimum absolute atomic E-state index is 0.0509. The van der Waals surface area contributed by atoms with Crippen molar-refractivity contribution in [3.8, 4) is 5.75 Å². The Morgan fingerprint density at radius 2 is 1.91 bits per heavy atom. The molecule has 0 fully saturated rings. The Morgan fingerprint density at radius 3 is 2.64 bits per heavy atom. The Morgan fingerprint density at radius 1 is 1.09 bits per heavy atom. The Bertz CT molecular complexity index is 1360. The van der Waals surface area contributed by atoms with Crippen molar-refractivity contribution < 1.29 is 9.53 Å². The number of rotatable bonds is 9. The standard InChI is InChI=1S/C25H26N4O3S/c1-17-13-18(2)29(27-17)12-6-11-28-24(31)21-7-4-5-8-22(21)26-25(28)33-16-20-14-19(15-30)9-10-23(20)32-3/h4-5,7-10,13-15H,6,11-12,16H2,1-3H3. The number of carbonyl (C=O) groups excluding carboxylic acids is 1. The van der Waals surface area contributed by atoms with Gasteiger partial charge in [0, 0.05) is 35.7 Å². The summed E-state index contributed by atoms with van der Waals surface area (Å²) in [4.78, 5) is 29.3. The van der Waals surface area contributed by atoms with Gasteiger partial charge in [0.25, 0.3) is 5.56 Å². The zero-order valence-corrected chi connectivity index (χ0v) is 19.8. The van der Waals surface area contributed by atoms with E-state index in [4.69, 9.17) is 9.72 Å². The quantitative estimate of drug-likeness (QED) is 0.208. The average Bonchev–Trinajstić information content (AvgIpc) is 3.15. The second kappa shape index (κ2) is 10.0. The molecular formula is C25H26N4O3S. The maximum absolute atomic E-state index is 13.3. The van der Waals surface area contributed by atoms with Gasteiger partial charge >= 0.3 is 0 Å². The van der Waals surface area contributed by atoms with Crippen molar-refractivity contribution in [2.45, 2.75) is 44.3 Å². The van der Waals surface area contributed by atoms with Crippen LogP contribution in [-0.4, -0.2) is 32.7 Å². The number of para-hydroxylation sites is 1. The summed E-state index contributed by atoms with van der Waals surface area (Å²) in [5.41, 5.74) is 4.18. The molecule has 8 heteroatoms. The number of aldehydes is 1. The summed E-state index contributed by atoms with van der Waals surface area (Å²) in [7, 11) is 1.60. The summed E-state index contributed by atoms with van der Waals surface area (Å²) in [6.45, 7) is 5.26. The van der Waals surface area contributed by atoms with Crippen molar-refractivity contribution >= 4 is 29.0 Å². The summed E-state index contributed by atoms with van der Waals surface area (Å²) in [6, 6.07) is 14.8. The van der Waals surface area contributed by atoms with Gasteiger partial charge in [-0.3, -0.25) is 18.8 Å².